The number of carbonyl (C=O) groups is 1. The second-order valence-electron chi connectivity index (χ2n) is 7.42. The Morgan fingerprint density at radius 1 is 1.27 bits per heavy atom. The summed E-state index contributed by atoms with van der Waals surface area (Å²) in [7, 11) is 2.18. The molecule has 3 N–H and O–H groups in total. The molecule has 0 saturated heterocycles. The first-order valence-electron chi connectivity index (χ1n) is 8.72. The van der Waals surface area contributed by atoms with Gasteiger partial charge in [-0.15, -0.1) is 0 Å². The van der Waals surface area contributed by atoms with Gasteiger partial charge in [-0.1, -0.05) is 25.7 Å². The zero-order chi connectivity index (χ0) is 16.6. The molecule has 1 saturated carbocycles. The monoisotopic (exact) mass is 313 g/mol. The van der Waals surface area contributed by atoms with Crippen molar-refractivity contribution in [3.63, 3.8) is 0 Å². The number of hydrogen-bond donors (Lipinski definition) is 2. The van der Waals surface area contributed by atoms with Gasteiger partial charge in [0.05, 0.1) is 0 Å². The standard InChI is InChI=1S/C17H35N3O2/c1-17(2,3)22-16(21)19-12-11-15(13-18)20(4)14-9-7-5-6-8-10-14/h14-15H,5-13,18H2,1-4H3,(H,19,21). The Morgan fingerprint density at radius 3 is 2.36 bits per heavy atom. The fourth-order valence-electron chi connectivity index (χ4n) is 3.11. The van der Waals surface area contributed by atoms with Crippen LogP contribution >= 0.6 is 0 Å². The van der Waals surface area contributed by atoms with Crippen molar-refractivity contribution >= 4 is 6.09 Å². The number of nitrogens with one attached hydrogen (secondary N) is 1. The molecule has 1 atom stereocenters. The molecule has 0 radical (unpaired) electrons. The Balaban J connectivity index is 2.35. The van der Waals surface area contributed by atoms with Crippen LogP contribution < -0.4 is 11.1 Å². The third-order valence-corrected chi connectivity index (χ3v) is 4.39. The minimum absolute atomic E-state index is 0.318. The molecule has 1 unspecified atom stereocenters. The first-order chi connectivity index (χ1) is 10.3. The van der Waals surface area contributed by atoms with Crippen molar-refractivity contribution in [3.05, 3.63) is 0 Å². The Labute approximate surface area is 135 Å². The van der Waals surface area contributed by atoms with Gasteiger partial charge in [-0.3, -0.25) is 4.90 Å². The molecule has 0 bridgehead atoms. The lowest BCUT2D eigenvalue weighted by molar-refractivity contribution is 0.0520. The number of alkyl carbamates (subject to hydrolysis) is 1. The van der Waals surface area contributed by atoms with Crippen LogP contribution in [0.2, 0.25) is 0 Å². The molecule has 0 aromatic carbocycles. The number of likely N-dealkylation sites (N-methyl/N-ethyl adjacent to an activating group) is 1. The zero-order valence-corrected chi connectivity index (χ0v) is 14.9. The maximum atomic E-state index is 11.7. The van der Waals surface area contributed by atoms with E-state index in [1.54, 1.807) is 0 Å². The van der Waals surface area contributed by atoms with Crippen molar-refractivity contribution in [1.82, 2.24) is 10.2 Å². The molecule has 1 aliphatic carbocycles. The van der Waals surface area contributed by atoms with Gasteiger partial charge in [0.2, 0.25) is 0 Å². The van der Waals surface area contributed by atoms with Crippen LogP contribution in [0.1, 0.15) is 65.7 Å². The number of ether oxygens (including phenoxy) is 1. The molecule has 1 rings (SSSR count). The van der Waals surface area contributed by atoms with Crippen molar-refractivity contribution in [3.8, 4) is 0 Å². The topological polar surface area (TPSA) is 67.6 Å². The number of carbonyl (C=O) groups excluding carboxylic acids is 1. The van der Waals surface area contributed by atoms with Crippen LogP contribution in [0.15, 0.2) is 0 Å². The van der Waals surface area contributed by atoms with E-state index in [-0.39, 0.29) is 6.09 Å². The molecule has 0 aromatic heterocycles. The SMILES string of the molecule is CN(C(CN)CCNC(=O)OC(C)(C)C)C1CCCCCC1. The highest BCUT2D eigenvalue weighted by Gasteiger charge is 2.23. The maximum absolute atomic E-state index is 11.7. The number of rotatable bonds is 6. The Kier molecular flexibility index (Phi) is 8.18. The minimum Gasteiger partial charge on any atom is -0.444 e. The fourth-order valence-corrected chi connectivity index (χ4v) is 3.11. The molecule has 0 aliphatic heterocycles. The van der Waals surface area contributed by atoms with Gasteiger partial charge in [-0.25, -0.2) is 4.79 Å². The van der Waals surface area contributed by atoms with Gasteiger partial charge < -0.3 is 15.8 Å². The summed E-state index contributed by atoms with van der Waals surface area (Å²) >= 11 is 0. The molecule has 0 heterocycles. The van der Waals surface area contributed by atoms with E-state index in [1.807, 2.05) is 20.8 Å². The van der Waals surface area contributed by atoms with Crippen LogP contribution in [0.25, 0.3) is 0 Å². The molecule has 130 valence electrons. The number of nitrogens with two attached hydrogens (primary N) is 1. The molecule has 1 aliphatic rings. The van der Waals surface area contributed by atoms with Gasteiger partial charge >= 0.3 is 6.09 Å². The molecule has 5 nitrogen and oxygen atoms in total. The lowest BCUT2D eigenvalue weighted by Gasteiger charge is -2.34. The highest BCUT2D eigenvalue weighted by molar-refractivity contribution is 5.67. The van der Waals surface area contributed by atoms with E-state index in [1.165, 1.54) is 38.5 Å². The van der Waals surface area contributed by atoms with Gasteiger partial charge in [-0.2, -0.15) is 0 Å². The lowest BCUT2D eigenvalue weighted by Crippen LogP contribution is -2.46. The smallest absolute Gasteiger partial charge is 0.407 e. The Morgan fingerprint density at radius 2 is 1.86 bits per heavy atom. The van der Waals surface area contributed by atoms with E-state index in [4.69, 9.17) is 10.5 Å². The number of hydrogen-bond acceptors (Lipinski definition) is 4. The van der Waals surface area contributed by atoms with Crippen molar-refractivity contribution in [2.24, 2.45) is 5.73 Å². The quantitative estimate of drug-likeness (QED) is 0.740. The van der Waals surface area contributed by atoms with E-state index < -0.39 is 5.60 Å². The van der Waals surface area contributed by atoms with E-state index in [2.05, 4.69) is 17.3 Å². The molecule has 1 amide bonds. The van der Waals surface area contributed by atoms with E-state index in [0.717, 1.165) is 6.42 Å². The second kappa shape index (κ2) is 9.36. The highest BCUT2D eigenvalue weighted by atomic mass is 16.6. The van der Waals surface area contributed by atoms with Crippen molar-refractivity contribution in [1.29, 1.82) is 0 Å². The summed E-state index contributed by atoms with van der Waals surface area (Å²) in [4.78, 5) is 14.1. The predicted molar refractivity (Wildman–Crippen MR) is 90.9 cm³/mol. The van der Waals surface area contributed by atoms with E-state index in [9.17, 15) is 4.79 Å². The summed E-state index contributed by atoms with van der Waals surface area (Å²) in [6, 6.07) is 0.954. The van der Waals surface area contributed by atoms with Crippen LogP contribution in [0, 0.1) is 0 Å². The zero-order valence-electron chi connectivity index (χ0n) is 14.9. The summed E-state index contributed by atoms with van der Waals surface area (Å²) in [5, 5.41) is 2.83. The van der Waals surface area contributed by atoms with Crippen LogP contribution in [-0.4, -0.2) is 48.8 Å². The normalized spacial score (nSPS) is 18.8. The fraction of sp³-hybridized carbons (Fsp3) is 0.941. The summed E-state index contributed by atoms with van der Waals surface area (Å²) in [6.45, 7) is 6.84. The molecule has 5 heteroatoms. The summed E-state index contributed by atoms with van der Waals surface area (Å²) in [6.07, 6.45) is 8.42. The highest BCUT2D eigenvalue weighted by Crippen LogP contribution is 2.22. The first-order valence-corrected chi connectivity index (χ1v) is 8.72. The van der Waals surface area contributed by atoms with Gasteiger partial charge in [0, 0.05) is 25.2 Å². The van der Waals surface area contributed by atoms with E-state index in [0.29, 0.717) is 25.2 Å². The molecule has 0 aromatic rings. The number of nitrogens with zero attached hydrogens (tertiary/aromatic N) is 1. The van der Waals surface area contributed by atoms with Gasteiger partial charge in [0.25, 0.3) is 0 Å². The van der Waals surface area contributed by atoms with Crippen molar-refractivity contribution < 1.29 is 9.53 Å². The molecule has 22 heavy (non-hydrogen) atoms. The number of amides is 1. The summed E-state index contributed by atoms with van der Waals surface area (Å²) in [5.41, 5.74) is 5.50. The van der Waals surface area contributed by atoms with Crippen LogP contribution in [0.5, 0.6) is 0 Å². The summed E-state index contributed by atoms with van der Waals surface area (Å²) in [5.74, 6) is 0. The third-order valence-electron chi connectivity index (χ3n) is 4.39. The predicted octanol–water partition coefficient (Wildman–Crippen LogP) is 2.88. The van der Waals surface area contributed by atoms with E-state index >= 15 is 0 Å². The van der Waals surface area contributed by atoms with Gasteiger partial charge in [0.15, 0.2) is 0 Å². The van der Waals surface area contributed by atoms with Gasteiger partial charge in [-0.05, 0) is 47.1 Å². The third kappa shape index (κ3) is 7.45. The summed E-state index contributed by atoms with van der Waals surface area (Å²) < 4.78 is 5.25. The maximum Gasteiger partial charge on any atom is 0.407 e. The van der Waals surface area contributed by atoms with Crippen LogP contribution in [0.3, 0.4) is 0 Å². The average Bonchev–Trinajstić information content (AvgIpc) is 2.70. The molecular weight excluding hydrogens is 278 g/mol. The van der Waals surface area contributed by atoms with Crippen molar-refractivity contribution in [2.75, 3.05) is 20.1 Å². The van der Waals surface area contributed by atoms with Crippen LogP contribution in [0.4, 0.5) is 4.79 Å². The first kappa shape index (κ1) is 19.2. The average molecular weight is 313 g/mol. The Hall–Kier alpha value is -0.810. The minimum atomic E-state index is -0.450. The molecule has 1 fully saturated rings. The molecular formula is C17H35N3O2. The molecule has 0 spiro atoms. The van der Waals surface area contributed by atoms with Crippen molar-refractivity contribution in [2.45, 2.75) is 83.4 Å². The van der Waals surface area contributed by atoms with Crippen LogP contribution in [-0.2, 0) is 4.74 Å². The Bertz CT molecular complexity index is 320. The second-order valence-corrected chi connectivity index (χ2v) is 7.42. The lowest BCUT2D eigenvalue weighted by atomic mass is 10.0. The van der Waals surface area contributed by atoms with Gasteiger partial charge in [0.1, 0.15) is 5.60 Å². The largest absolute Gasteiger partial charge is 0.444 e.